The fourth-order valence-electron chi connectivity index (χ4n) is 4.07. The van der Waals surface area contributed by atoms with Crippen LogP contribution in [0.15, 0.2) is 84.7 Å². The van der Waals surface area contributed by atoms with Crippen LogP contribution in [0.5, 0.6) is 11.5 Å². The number of carbonyl (C=O) groups is 3. The number of aromatic nitrogens is 1. The number of carboxylic acids is 1. The predicted molar refractivity (Wildman–Crippen MR) is 136 cm³/mol. The lowest BCUT2D eigenvalue weighted by Crippen LogP contribution is -2.45. The molecule has 3 aromatic carbocycles. The second kappa shape index (κ2) is 10.3. The molecule has 0 aliphatic carbocycles. The van der Waals surface area contributed by atoms with Crippen molar-refractivity contribution in [3.8, 4) is 11.5 Å². The van der Waals surface area contributed by atoms with Gasteiger partial charge in [-0.3, -0.25) is 9.59 Å². The number of carboxylic acid groups (broad SMARTS) is 1. The topological polar surface area (TPSA) is 130 Å². The number of rotatable bonds is 8. The molecule has 0 fully saturated rings. The molecule has 0 spiro atoms. The van der Waals surface area contributed by atoms with E-state index in [4.69, 9.17) is 9.47 Å². The van der Waals surface area contributed by atoms with Crippen LogP contribution in [0.1, 0.15) is 21.5 Å². The summed E-state index contributed by atoms with van der Waals surface area (Å²) in [6.07, 6.45) is 3.24. The van der Waals surface area contributed by atoms with Gasteiger partial charge in [0.25, 0.3) is 11.8 Å². The third-order valence-corrected chi connectivity index (χ3v) is 5.94. The van der Waals surface area contributed by atoms with Crippen LogP contribution >= 0.6 is 0 Å². The monoisotopic (exact) mass is 497 g/mol. The van der Waals surface area contributed by atoms with Gasteiger partial charge in [0.2, 0.25) is 6.79 Å². The van der Waals surface area contributed by atoms with Gasteiger partial charge in [0.15, 0.2) is 11.5 Å². The molecular formula is C28H23N3O6. The molecular weight excluding hydrogens is 474 g/mol. The minimum Gasteiger partial charge on any atom is -0.480 e. The van der Waals surface area contributed by atoms with Crippen LogP contribution in [0.2, 0.25) is 0 Å². The van der Waals surface area contributed by atoms with Crippen molar-refractivity contribution in [2.24, 2.45) is 0 Å². The van der Waals surface area contributed by atoms with Crippen molar-refractivity contribution in [3.63, 3.8) is 0 Å². The largest absolute Gasteiger partial charge is 0.480 e. The highest BCUT2D eigenvalue weighted by Crippen LogP contribution is 2.33. The van der Waals surface area contributed by atoms with Crippen LogP contribution in [-0.4, -0.2) is 40.7 Å². The van der Waals surface area contributed by atoms with E-state index in [1.807, 2.05) is 24.3 Å². The number of nitrogens with one attached hydrogen (secondary N) is 3. The van der Waals surface area contributed by atoms with Gasteiger partial charge >= 0.3 is 5.97 Å². The van der Waals surface area contributed by atoms with E-state index in [0.717, 1.165) is 16.5 Å². The number of amides is 2. The summed E-state index contributed by atoms with van der Waals surface area (Å²) in [5.41, 5.74) is 2.41. The Kier molecular flexibility index (Phi) is 6.58. The van der Waals surface area contributed by atoms with Gasteiger partial charge in [0.1, 0.15) is 11.7 Å². The summed E-state index contributed by atoms with van der Waals surface area (Å²) in [7, 11) is 0. The predicted octanol–water partition coefficient (Wildman–Crippen LogP) is 3.48. The lowest BCUT2D eigenvalue weighted by atomic mass is 10.0. The number of hydrogen-bond donors (Lipinski definition) is 4. The summed E-state index contributed by atoms with van der Waals surface area (Å²) in [6.45, 7) is 0.0920. The van der Waals surface area contributed by atoms with E-state index in [1.165, 1.54) is 6.08 Å². The number of H-pyrrole nitrogens is 1. The van der Waals surface area contributed by atoms with Crippen LogP contribution in [0.25, 0.3) is 17.0 Å². The van der Waals surface area contributed by atoms with E-state index in [1.54, 1.807) is 54.7 Å². The Hall–Kier alpha value is -5.05. The van der Waals surface area contributed by atoms with Crippen molar-refractivity contribution in [2.75, 3.05) is 6.79 Å². The summed E-state index contributed by atoms with van der Waals surface area (Å²) >= 11 is 0. The number of hydrogen-bond acceptors (Lipinski definition) is 5. The van der Waals surface area contributed by atoms with Crippen molar-refractivity contribution in [1.29, 1.82) is 0 Å². The van der Waals surface area contributed by atoms with Gasteiger partial charge in [-0.1, -0.05) is 42.5 Å². The molecule has 1 aliphatic rings. The smallest absolute Gasteiger partial charge is 0.326 e. The number of fused-ring (bicyclic) bond motifs is 2. The molecule has 0 saturated carbocycles. The molecule has 1 aromatic heterocycles. The van der Waals surface area contributed by atoms with Gasteiger partial charge in [-0.05, 0) is 47.5 Å². The van der Waals surface area contributed by atoms with Crippen LogP contribution in [0.4, 0.5) is 0 Å². The molecule has 9 nitrogen and oxygen atoms in total. The normalized spacial score (nSPS) is 13.2. The summed E-state index contributed by atoms with van der Waals surface area (Å²) < 4.78 is 10.7. The molecule has 9 heteroatoms. The van der Waals surface area contributed by atoms with Gasteiger partial charge in [0.05, 0.1) is 0 Å². The number of aliphatic carboxylic acids is 1. The van der Waals surface area contributed by atoms with E-state index in [9.17, 15) is 19.5 Å². The number of para-hydroxylation sites is 1. The van der Waals surface area contributed by atoms with Gasteiger partial charge in [0, 0.05) is 29.1 Å². The lowest BCUT2D eigenvalue weighted by molar-refractivity contribution is -0.141. The highest BCUT2D eigenvalue weighted by molar-refractivity contribution is 6.06. The van der Waals surface area contributed by atoms with Crippen LogP contribution in [-0.2, 0) is 16.0 Å². The maximum Gasteiger partial charge on any atom is 0.326 e. The average Bonchev–Trinajstić information content (AvgIpc) is 3.55. The third kappa shape index (κ3) is 5.30. The second-order valence-electron chi connectivity index (χ2n) is 8.42. The molecule has 0 radical (unpaired) electrons. The highest BCUT2D eigenvalue weighted by atomic mass is 16.7. The molecule has 5 rings (SSSR count). The maximum absolute atomic E-state index is 13.3. The molecule has 0 saturated heterocycles. The summed E-state index contributed by atoms with van der Waals surface area (Å²) in [4.78, 5) is 41.4. The van der Waals surface area contributed by atoms with Gasteiger partial charge in [-0.2, -0.15) is 0 Å². The average molecular weight is 498 g/mol. The first-order valence-corrected chi connectivity index (χ1v) is 11.5. The molecule has 186 valence electrons. The van der Waals surface area contributed by atoms with Crippen LogP contribution < -0.4 is 20.1 Å². The van der Waals surface area contributed by atoms with Crippen molar-refractivity contribution in [2.45, 2.75) is 12.5 Å². The Morgan fingerprint density at radius 1 is 0.973 bits per heavy atom. The fourth-order valence-corrected chi connectivity index (χ4v) is 4.07. The van der Waals surface area contributed by atoms with E-state index in [0.29, 0.717) is 22.6 Å². The Labute approximate surface area is 211 Å². The van der Waals surface area contributed by atoms with Gasteiger partial charge in [-0.15, -0.1) is 0 Å². The Morgan fingerprint density at radius 2 is 1.73 bits per heavy atom. The number of ether oxygens (including phenoxy) is 2. The third-order valence-electron chi connectivity index (χ3n) is 5.94. The highest BCUT2D eigenvalue weighted by Gasteiger charge is 2.25. The quantitative estimate of drug-likeness (QED) is 0.276. The van der Waals surface area contributed by atoms with Crippen LogP contribution in [0, 0.1) is 0 Å². The molecule has 4 N–H and O–H groups in total. The fraction of sp³-hybridized carbons (Fsp3) is 0.107. The maximum atomic E-state index is 13.3. The van der Waals surface area contributed by atoms with E-state index in [-0.39, 0.29) is 18.9 Å². The van der Waals surface area contributed by atoms with Crippen molar-refractivity contribution in [3.05, 3.63) is 101 Å². The zero-order chi connectivity index (χ0) is 25.8. The molecule has 37 heavy (non-hydrogen) atoms. The van der Waals surface area contributed by atoms with Crippen molar-refractivity contribution in [1.82, 2.24) is 15.6 Å². The first kappa shape index (κ1) is 23.7. The number of benzene rings is 3. The van der Waals surface area contributed by atoms with E-state index in [2.05, 4.69) is 15.6 Å². The van der Waals surface area contributed by atoms with Crippen LogP contribution in [0.3, 0.4) is 0 Å². The summed E-state index contributed by atoms with van der Waals surface area (Å²) in [5.74, 6) is -1.37. The van der Waals surface area contributed by atoms with Gasteiger partial charge in [-0.25, -0.2) is 4.79 Å². The second-order valence-corrected chi connectivity index (χ2v) is 8.42. The molecule has 0 unspecified atom stereocenters. The molecule has 0 bridgehead atoms. The summed E-state index contributed by atoms with van der Waals surface area (Å²) in [5, 5.41) is 15.9. The summed E-state index contributed by atoms with van der Waals surface area (Å²) in [6, 6.07) is 19.8. The van der Waals surface area contributed by atoms with E-state index >= 15 is 0 Å². The van der Waals surface area contributed by atoms with Crippen molar-refractivity contribution < 1.29 is 29.0 Å². The number of carbonyl (C=O) groups excluding carboxylic acids is 2. The Bertz CT molecular complexity index is 1510. The molecule has 1 atom stereocenters. The molecule has 2 heterocycles. The first-order valence-electron chi connectivity index (χ1n) is 11.5. The molecule has 4 aromatic rings. The van der Waals surface area contributed by atoms with Gasteiger partial charge < -0.3 is 30.2 Å². The minimum absolute atomic E-state index is 0.0506. The standard InChI is InChI=1S/C28H23N3O6/c32-26(18-6-2-1-3-7-18)30-22(12-17-10-11-24-25(13-17)37-16-36-24)27(33)31-23(28(34)35)14-19-15-29-21-9-5-4-8-20(19)21/h1-13,15,23,29H,14,16H2,(H,30,32)(H,31,33)(H,34,35)/b22-12-/t23-/m0/s1. The number of aromatic amines is 1. The zero-order valence-corrected chi connectivity index (χ0v) is 19.6. The molecule has 2 amide bonds. The Balaban J connectivity index is 1.42. The van der Waals surface area contributed by atoms with E-state index < -0.39 is 23.8 Å². The van der Waals surface area contributed by atoms with Crippen molar-refractivity contribution >= 4 is 34.8 Å². The SMILES string of the molecule is O=C(N[C@@H](Cc1c[nH]c2ccccc12)C(=O)O)/C(=C/c1ccc2c(c1)OCO2)NC(=O)c1ccccc1. The first-order chi connectivity index (χ1) is 18.0. The zero-order valence-electron chi connectivity index (χ0n) is 19.6. The minimum atomic E-state index is -1.24. The molecule has 1 aliphatic heterocycles. The lowest BCUT2D eigenvalue weighted by Gasteiger charge is -2.17. The Morgan fingerprint density at radius 3 is 2.54 bits per heavy atom.